The predicted molar refractivity (Wildman–Crippen MR) is 85.4 cm³/mol. The molecule has 3 N–H and O–H groups in total. The molecule has 1 aliphatic rings. The van der Waals surface area contributed by atoms with Gasteiger partial charge in [-0.3, -0.25) is 4.79 Å². The average molecular weight is 321 g/mol. The van der Waals surface area contributed by atoms with Crippen molar-refractivity contribution in [3.8, 4) is 11.5 Å². The van der Waals surface area contributed by atoms with Crippen LogP contribution < -0.4 is 20.5 Å². The van der Waals surface area contributed by atoms with Crippen LogP contribution in [0.3, 0.4) is 0 Å². The lowest BCUT2D eigenvalue weighted by atomic mass is 10.1. The number of hydrogen-bond acceptors (Lipinski definition) is 4. The fraction of sp³-hybridized carbons (Fsp3) is 0.500. The summed E-state index contributed by atoms with van der Waals surface area (Å²) < 4.78 is 10.5. The molecule has 1 fully saturated rings. The Labute approximate surface area is 135 Å². The zero-order valence-electron chi connectivity index (χ0n) is 13.7. The summed E-state index contributed by atoms with van der Waals surface area (Å²) in [5.74, 6) is 0.721. The molecule has 0 unspecified atom stereocenters. The molecular weight excluding hydrogens is 298 g/mol. The number of nitrogens with two attached hydrogens (primary N) is 1. The van der Waals surface area contributed by atoms with Gasteiger partial charge >= 0.3 is 6.03 Å². The van der Waals surface area contributed by atoms with E-state index in [0.717, 1.165) is 5.56 Å². The minimum atomic E-state index is -0.356. The minimum absolute atomic E-state index is 0.209. The first-order chi connectivity index (χ1) is 11.0. The SMILES string of the molecule is COc1ccc([C@@H](C)NC(=O)N2CC[C@H](C(N)=O)C2)c(OC)c1. The molecule has 126 valence electrons. The van der Waals surface area contributed by atoms with Crippen LogP contribution in [-0.2, 0) is 4.79 Å². The monoisotopic (exact) mass is 321 g/mol. The first kappa shape index (κ1) is 16.9. The Balaban J connectivity index is 2.03. The van der Waals surface area contributed by atoms with Gasteiger partial charge in [-0.15, -0.1) is 0 Å². The van der Waals surface area contributed by atoms with Gasteiger partial charge in [0.1, 0.15) is 11.5 Å². The molecule has 2 rings (SSSR count). The number of benzene rings is 1. The Morgan fingerprint density at radius 1 is 1.35 bits per heavy atom. The molecule has 1 aromatic carbocycles. The molecule has 1 aromatic rings. The van der Waals surface area contributed by atoms with Gasteiger partial charge in [-0.05, 0) is 25.5 Å². The van der Waals surface area contributed by atoms with Crippen molar-refractivity contribution in [2.75, 3.05) is 27.3 Å². The van der Waals surface area contributed by atoms with Gasteiger partial charge in [0.15, 0.2) is 0 Å². The second-order valence-corrected chi connectivity index (χ2v) is 5.61. The summed E-state index contributed by atoms with van der Waals surface area (Å²) in [7, 11) is 3.16. The molecule has 0 spiro atoms. The van der Waals surface area contributed by atoms with Gasteiger partial charge in [-0.25, -0.2) is 4.79 Å². The van der Waals surface area contributed by atoms with Gasteiger partial charge in [0.05, 0.1) is 26.2 Å². The molecule has 0 radical (unpaired) electrons. The van der Waals surface area contributed by atoms with Gasteiger partial charge in [-0.1, -0.05) is 0 Å². The highest BCUT2D eigenvalue weighted by molar-refractivity contribution is 5.80. The highest BCUT2D eigenvalue weighted by Crippen LogP contribution is 2.29. The number of likely N-dealkylation sites (tertiary alicyclic amines) is 1. The molecule has 1 aliphatic heterocycles. The molecule has 23 heavy (non-hydrogen) atoms. The van der Waals surface area contributed by atoms with Crippen LogP contribution in [0.1, 0.15) is 24.9 Å². The van der Waals surface area contributed by atoms with E-state index in [1.165, 1.54) is 0 Å². The number of ether oxygens (including phenoxy) is 2. The van der Waals surface area contributed by atoms with Crippen molar-refractivity contribution in [2.24, 2.45) is 11.7 Å². The van der Waals surface area contributed by atoms with Crippen molar-refractivity contribution >= 4 is 11.9 Å². The fourth-order valence-corrected chi connectivity index (χ4v) is 2.71. The van der Waals surface area contributed by atoms with Gasteiger partial charge < -0.3 is 25.4 Å². The third kappa shape index (κ3) is 3.85. The van der Waals surface area contributed by atoms with Crippen LogP contribution in [0.4, 0.5) is 4.79 Å². The van der Waals surface area contributed by atoms with Crippen molar-refractivity contribution in [3.05, 3.63) is 23.8 Å². The maximum Gasteiger partial charge on any atom is 0.317 e. The molecule has 7 nitrogen and oxygen atoms in total. The number of carbonyl (C=O) groups is 2. The highest BCUT2D eigenvalue weighted by Gasteiger charge is 2.30. The van der Waals surface area contributed by atoms with Crippen LogP contribution in [0.25, 0.3) is 0 Å². The van der Waals surface area contributed by atoms with Crippen LogP contribution in [0, 0.1) is 5.92 Å². The quantitative estimate of drug-likeness (QED) is 0.854. The summed E-state index contributed by atoms with van der Waals surface area (Å²) >= 11 is 0. The lowest BCUT2D eigenvalue weighted by molar-refractivity contribution is -0.121. The standard InChI is InChI=1S/C16H23N3O4/c1-10(13-5-4-12(22-2)8-14(13)23-3)18-16(21)19-7-6-11(9-19)15(17)20/h4-5,8,10-11H,6-7,9H2,1-3H3,(H2,17,20)(H,18,21)/t10-,11+/m1/s1. The molecule has 1 heterocycles. The van der Waals surface area contributed by atoms with Crippen LogP contribution in [0.5, 0.6) is 11.5 Å². The molecule has 2 atom stereocenters. The number of urea groups is 1. The lowest BCUT2D eigenvalue weighted by Crippen LogP contribution is -2.40. The molecule has 1 saturated heterocycles. The van der Waals surface area contributed by atoms with Crippen LogP contribution in [0.15, 0.2) is 18.2 Å². The summed E-state index contributed by atoms with van der Waals surface area (Å²) in [6.45, 7) is 2.78. The number of nitrogens with one attached hydrogen (secondary N) is 1. The van der Waals surface area contributed by atoms with E-state index in [-0.39, 0.29) is 23.9 Å². The van der Waals surface area contributed by atoms with Crippen molar-refractivity contribution in [2.45, 2.75) is 19.4 Å². The Bertz CT molecular complexity index is 591. The van der Waals surface area contributed by atoms with Gasteiger partial charge in [0.2, 0.25) is 5.91 Å². The maximum absolute atomic E-state index is 12.3. The van der Waals surface area contributed by atoms with E-state index in [1.54, 1.807) is 25.2 Å². The Morgan fingerprint density at radius 2 is 2.09 bits per heavy atom. The second kappa shape index (κ2) is 7.21. The van der Waals surface area contributed by atoms with E-state index in [0.29, 0.717) is 31.0 Å². The molecule has 0 saturated carbocycles. The van der Waals surface area contributed by atoms with Gasteiger partial charge in [0.25, 0.3) is 0 Å². The summed E-state index contributed by atoms with van der Waals surface area (Å²) in [5, 5.41) is 2.92. The van der Waals surface area contributed by atoms with Crippen molar-refractivity contribution in [3.63, 3.8) is 0 Å². The summed E-state index contributed by atoms with van der Waals surface area (Å²) in [6.07, 6.45) is 0.614. The summed E-state index contributed by atoms with van der Waals surface area (Å²) in [4.78, 5) is 25.1. The summed E-state index contributed by atoms with van der Waals surface area (Å²) in [5.41, 5.74) is 6.15. The smallest absolute Gasteiger partial charge is 0.317 e. The van der Waals surface area contributed by atoms with E-state index in [4.69, 9.17) is 15.2 Å². The van der Waals surface area contributed by atoms with E-state index in [1.807, 2.05) is 19.1 Å². The minimum Gasteiger partial charge on any atom is -0.497 e. The van der Waals surface area contributed by atoms with E-state index in [9.17, 15) is 9.59 Å². The highest BCUT2D eigenvalue weighted by atomic mass is 16.5. The summed E-state index contributed by atoms with van der Waals surface area (Å²) in [6, 6.07) is 5.00. The van der Waals surface area contributed by atoms with Crippen molar-refractivity contribution in [1.82, 2.24) is 10.2 Å². The topological polar surface area (TPSA) is 93.9 Å². The van der Waals surface area contributed by atoms with E-state index >= 15 is 0 Å². The van der Waals surface area contributed by atoms with Crippen LogP contribution >= 0.6 is 0 Å². The normalized spacial score (nSPS) is 18.4. The van der Waals surface area contributed by atoms with Crippen molar-refractivity contribution in [1.29, 1.82) is 0 Å². The first-order valence-electron chi connectivity index (χ1n) is 7.53. The molecule has 7 heteroatoms. The first-order valence-corrected chi connectivity index (χ1v) is 7.53. The van der Waals surface area contributed by atoms with Crippen molar-refractivity contribution < 1.29 is 19.1 Å². The lowest BCUT2D eigenvalue weighted by Gasteiger charge is -2.22. The number of methoxy groups -OCH3 is 2. The Morgan fingerprint density at radius 3 is 2.65 bits per heavy atom. The number of amides is 3. The second-order valence-electron chi connectivity index (χ2n) is 5.61. The Hall–Kier alpha value is -2.44. The third-order valence-electron chi connectivity index (χ3n) is 4.12. The zero-order chi connectivity index (χ0) is 17.0. The molecule has 0 aliphatic carbocycles. The predicted octanol–water partition coefficient (Wildman–Crippen LogP) is 1.28. The number of carbonyl (C=O) groups excluding carboxylic acids is 2. The largest absolute Gasteiger partial charge is 0.497 e. The van der Waals surface area contributed by atoms with Gasteiger partial charge in [0, 0.05) is 24.7 Å². The fourth-order valence-electron chi connectivity index (χ4n) is 2.71. The molecule has 3 amide bonds. The molecule has 0 bridgehead atoms. The zero-order valence-corrected chi connectivity index (χ0v) is 13.7. The number of nitrogens with zero attached hydrogens (tertiary/aromatic N) is 1. The average Bonchev–Trinajstić information content (AvgIpc) is 3.04. The van der Waals surface area contributed by atoms with Crippen LogP contribution in [-0.4, -0.2) is 44.1 Å². The number of primary amides is 1. The van der Waals surface area contributed by atoms with Gasteiger partial charge in [-0.2, -0.15) is 0 Å². The third-order valence-corrected chi connectivity index (χ3v) is 4.12. The maximum atomic E-state index is 12.3. The number of hydrogen-bond donors (Lipinski definition) is 2. The molecule has 0 aromatic heterocycles. The Kier molecular flexibility index (Phi) is 5.31. The molecular formula is C16H23N3O4. The van der Waals surface area contributed by atoms with E-state index < -0.39 is 0 Å². The van der Waals surface area contributed by atoms with Crippen LogP contribution in [0.2, 0.25) is 0 Å². The van der Waals surface area contributed by atoms with E-state index in [2.05, 4.69) is 5.32 Å². The number of rotatable bonds is 5.